The molecule has 1 saturated carbocycles. The molecule has 10 nitrogen and oxygen atoms in total. The average Bonchev–Trinajstić information content (AvgIpc) is 3.24. The van der Waals surface area contributed by atoms with Crippen molar-refractivity contribution in [2.75, 3.05) is 35.6 Å². The Bertz CT molecular complexity index is 1000. The molecule has 2 aromatic heterocycles. The van der Waals surface area contributed by atoms with Crippen LogP contribution in [0.3, 0.4) is 0 Å². The second-order valence-corrected chi connectivity index (χ2v) is 8.05. The van der Waals surface area contributed by atoms with Crippen molar-refractivity contribution in [1.82, 2.24) is 25.1 Å². The van der Waals surface area contributed by atoms with Crippen LogP contribution in [-0.2, 0) is 4.74 Å². The number of nitrogens with one attached hydrogen (secondary N) is 1. The van der Waals surface area contributed by atoms with Crippen LogP contribution < -0.4 is 16.0 Å². The Morgan fingerprint density at radius 3 is 2.55 bits per heavy atom. The number of ether oxygens (including phenoxy) is 1. The van der Waals surface area contributed by atoms with Crippen LogP contribution in [0.4, 0.5) is 23.6 Å². The van der Waals surface area contributed by atoms with Gasteiger partial charge >= 0.3 is 6.01 Å². The number of para-hydroxylation sites is 1. The molecule has 3 N–H and O–H groups in total. The Kier molecular flexibility index (Phi) is 5.61. The number of anilines is 4. The summed E-state index contributed by atoms with van der Waals surface area (Å²) >= 11 is 0. The molecule has 3 aromatic rings. The fourth-order valence-electron chi connectivity index (χ4n) is 3.73. The van der Waals surface area contributed by atoms with Crippen molar-refractivity contribution < 1.29 is 9.26 Å². The molecular formula is C21H26N8O2. The van der Waals surface area contributed by atoms with Gasteiger partial charge in [-0.3, -0.25) is 0 Å². The second-order valence-electron chi connectivity index (χ2n) is 8.05. The van der Waals surface area contributed by atoms with Gasteiger partial charge in [0.05, 0.1) is 6.10 Å². The summed E-state index contributed by atoms with van der Waals surface area (Å²) in [5.74, 6) is 1.56. The van der Waals surface area contributed by atoms with Gasteiger partial charge in [0.15, 0.2) is 0 Å². The molecule has 3 heterocycles. The van der Waals surface area contributed by atoms with Crippen LogP contribution in [0.15, 0.2) is 34.9 Å². The molecule has 1 saturated heterocycles. The first-order valence-electron chi connectivity index (χ1n) is 10.8. The Labute approximate surface area is 180 Å². The zero-order chi connectivity index (χ0) is 21.0. The number of benzene rings is 1. The molecule has 1 aliphatic heterocycles. The fraction of sp³-hybridized carbons (Fsp3) is 0.476. The molecule has 0 amide bonds. The fourth-order valence-corrected chi connectivity index (χ4v) is 3.73. The lowest BCUT2D eigenvalue weighted by atomic mass is 9.95. The van der Waals surface area contributed by atoms with E-state index in [0.29, 0.717) is 24.0 Å². The van der Waals surface area contributed by atoms with E-state index in [9.17, 15) is 0 Å². The average molecular weight is 422 g/mol. The van der Waals surface area contributed by atoms with Crippen molar-refractivity contribution >= 4 is 23.6 Å². The number of hydrogen-bond acceptors (Lipinski definition) is 10. The highest BCUT2D eigenvalue weighted by atomic mass is 16.5. The summed E-state index contributed by atoms with van der Waals surface area (Å²) in [6, 6.07) is 10.1. The van der Waals surface area contributed by atoms with E-state index in [0.717, 1.165) is 38.2 Å². The normalized spacial score (nSPS) is 17.5. The first-order chi connectivity index (χ1) is 15.2. The summed E-state index contributed by atoms with van der Waals surface area (Å²) in [7, 11) is 0. The summed E-state index contributed by atoms with van der Waals surface area (Å²) < 4.78 is 11.5. The Balaban J connectivity index is 1.22. The number of piperidine rings is 1. The molecule has 0 unspecified atom stereocenters. The molecule has 1 aromatic carbocycles. The van der Waals surface area contributed by atoms with E-state index in [1.165, 1.54) is 19.3 Å². The van der Waals surface area contributed by atoms with E-state index >= 15 is 0 Å². The van der Waals surface area contributed by atoms with E-state index in [1.54, 1.807) is 0 Å². The summed E-state index contributed by atoms with van der Waals surface area (Å²) in [6.07, 6.45) is 6.33. The monoisotopic (exact) mass is 422 g/mol. The first-order valence-corrected chi connectivity index (χ1v) is 10.8. The standard InChI is InChI=1S/C21H26N8O2/c22-19-24-17(25-20(27-19)23-15-5-2-1-3-6-15)18-26-21(31-28-18)29-11-9-14(10-12-29)13-30-16-7-4-8-16/h1-3,5-6,14,16H,4,7-13H2,(H3,22,23,24,25,27). The van der Waals surface area contributed by atoms with E-state index in [2.05, 4.69) is 35.3 Å². The number of nitrogen functional groups attached to an aromatic ring is 1. The lowest BCUT2D eigenvalue weighted by Crippen LogP contribution is -2.36. The van der Waals surface area contributed by atoms with Crippen LogP contribution in [0.1, 0.15) is 32.1 Å². The maximum absolute atomic E-state index is 5.98. The molecule has 0 bridgehead atoms. The molecule has 1 aliphatic carbocycles. The number of nitrogens with zero attached hydrogens (tertiary/aromatic N) is 6. The number of aromatic nitrogens is 5. The van der Waals surface area contributed by atoms with Gasteiger partial charge < -0.3 is 25.2 Å². The molecule has 162 valence electrons. The Morgan fingerprint density at radius 1 is 1.00 bits per heavy atom. The number of nitrogens with two attached hydrogens (primary N) is 1. The van der Waals surface area contributed by atoms with Crippen molar-refractivity contribution in [1.29, 1.82) is 0 Å². The van der Waals surface area contributed by atoms with Crippen LogP contribution in [0.2, 0.25) is 0 Å². The third-order valence-electron chi connectivity index (χ3n) is 5.80. The molecule has 0 atom stereocenters. The van der Waals surface area contributed by atoms with Crippen LogP contribution in [-0.4, -0.2) is 50.9 Å². The lowest BCUT2D eigenvalue weighted by Gasteiger charge is -2.33. The van der Waals surface area contributed by atoms with Gasteiger partial charge in [-0.2, -0.15) is 19.9 Å². The number of hydrogen-bond donors (Lipinski definition) is 2. The van der Waals surface area contributed by atoms with Crippen molar-refractivity contribution in [3.8, 4) is 11.6 Å². The maximum atomic E-state index is 5.98. The van der Waals surface area contributed by atoms with Crippen LogP contribution in [0.5, 0.6) is 0 Å². The predicted octanol–water partition coefficient (Wildman–Crippen LogP) is 3.03. The van der Waals surface area contributed by atoms with Crippen molar-refractivity contribution in [3.05, 3.63) is 30.3 Å². The Hall–Kier alpha value is -3.27. The first kappa shape index (κ1) is 19.7. The van der Waals surface area contributed by atoms with Crippen molar-refractivity contribution in [2.24, 2.45) is 5.92 Å². The van der Waals surface area contributed by atoms with Gasteiger partial charge in [0.1, 0.15) is 0 Å². The molecule has 0 spiro atoms. The summed E-state index contributed by atoms with van der Waals surface area (Å²) in [5.41, 5.74) is 6.71. The quantitative estimate of drug-likeness (QED) is 0.586. The smallest absolute Gasteiger partial charge is 0.324 e. The van der Waals surface area contributed by atoms with Gasteiger partial charge in [0.2, 0.25) is 23.5 Å². The SMILES string of the molecule is Nc1nc(Nc2ccccc2)nc(-c2noc(N3CCC(COC4CCC4)CC3)n2)n1. The highest BCUT2D eigenvalue weighted by Gasteiger charge is 2.26. The summed E-state index contributed by atoms with van der Waals surface area (Å²) in [5, 5.41) is 7.17. The minimum atomic E-state index is 0.0852. The molecule has 0 radical (unpaired) electrons. The maximum Gasteiger partial charge on any atom is 0.324 e. The van der Waals surface area contributed by atoms with Crippen molar-refractivity contribution in [2.45, 2.75) is 38.2 Å². The molecule has 5 rings (SSSR count). The molecule has 10 heteroatoms. The molecule has 31 heavy (non-hydrogen) atoms. The van der Waals surface area contributed by atoms with Gasteiger partial charge in [-0.05, 0) is 50.2 Å². The summed E-state index contributed by atoms with van der Waals surface area (Å²) in [4.78, 5) is 19.3. The third-order valence-corrected chi connectivity index (χ3v) is 5.80. The minimum absolute atomic E-state index is 0.0852. The highest BCUT2D eigenvalue weighted by molar-refractivity contribution is 5.56. The largest absolute Gasteiger partial charge is 0.378 e. The highest BCUT2D eigenvalue weighted by Crippen LogP contribution is 2.27. The molecule has 2 fully saturated rings. The summed E-state index contributed by atoms with van der Waals surface area (Å²) in [6.45, 7) is 2.58. The predicted molar refractivity (Wildman–Crippen MR) is 116 cm³/mol. The van der Waals surface area contributed by atoms with E-state index in [1.807, 2.05) is 30.3 Å². The van der Waals surface area contributed by atoms with Crippen LogP contribution in [0, 0.1) is 5.92 Å². The zero-order valence-electron chi connectivity index (χ0n) is 17.3. The lowest BCUT2D eigenvalue weighted by molar-refractivity contribution is -0.0193. The minimum Gasteiger partial charge on any atom is -0.378 e. The van der Waals surface area contributed by atoms with Crippen molar-refractivity contribution in [3.63, 3.8) is 0 Å². The van der Waals surface area contributed by atoms with Gasteiger partial charge in [-0.15, -0.1) is 0 Å². The zero-order valence-corrected chi connectivity index (χ0v) is 17.3. The topological polar surface area (TPSA) is 128 Å². The van der Waals surface area contributed by atoms with Crippen LogP contribution >= 0.6 is 0 Å². The van der Waals surface area contributed by atoms with Gasteiger partial charge in [-0.25, -0.2) is 0 Å². The Morgan fingerprint density at radius 2 is 1.81 bits per heavy atom. The molecular weight excluding hydrogens is 396 g/mol. The van der Waals surface area contributed by atoms with Gasteiger partial charge in [0, 0.05) is 25.4 Å². The van der Waals surface area contributed by atoms with Crippen LogP contribution in [0.25, 0.3) is 11.6 Å². The number of rotatable bonds is 7. The van der Waals surface area contributed by atoms with E-state index < -0.39 is 0 Å². The third kappa shape index (κ3) is 4.74. The molecule has 2 aliphatic rings. The van der Waals surface area contributed by atoms with E-state index in [4.69, 9.17) is 15.0 Å². The van der Waals surface area contributed by atoms with Gasteiger partial charge in [0.25, 0.3) is 0 Å². The van der Waals surface area contributed by atoms with E-state index in [-0.39, 0.29) is 17.6 Å². The second kappa shape index (κ2) is 8.84. The van der Waals surface area contributed by atoms with Gasteiger partial charge in [-0.1, -0.05) is 23.4 Å².